The minimum Gasteiger partial charge on any atom is -0.0949 e. The SMILES string of the molecule is C=C1/C(=C\Br)C2C=CC1CC2. The molecule has 0 spiro atoms. The fraction of sp³-hybridized carbons (Fsp3) is 0.400. The summed E-state index contributed by atoms with van der Waals surface area (Å²) in [5, 5.41) is 0. The molecule has 3 rings (SSSR count). The van der Waals surface area contributed by atoms with E-state index < -0.39 is 0 Å². The quantitative estimate of drug-likeness (QED) is 0.538. The van der Waals surface area contributed by atoms with E-state index >= 15 is 0 Å². The molecule has 1 saturated carbocycles. The van der Waals surface area contributed by atoms with Crippen LogP contribution in [0.2, 0.25) is 0 Å². The predicted molar refractivity (Wildman–Crippen MR) is 51.5 cm³/mol. The van der Waals surface area contributed by atoms with E-state index in [1.54, 1.807) is 0 Å². The third kappa shape index (κ3) is 1.02. The van der Waals surface area contributed by atoms with Crippen molar-refractivity contribution in [1.29, 1.82) is 0 Å². The van der Waals surface area contributed by atoms with Crippen molar-refractivity contribution in [1.82, 2.24) is 0 Å². The molecule has 2 bridgehead atoms. The molecule has 0 amide bonds. The Morgan fingerprint density at radius 3 is 2.36 bits per heavy atom. The molecule has 1 fully saturated rings. The highest BCUT2D eigenvalue weighted by Crippen LogP contribution is 2.43. The molecule has 0 aromatic rings. The molecule has 3 aliphatic carbocycles. The van der Waals surface area contributed by atoms with Crippen LogP contribution in [0, 0.1) is 11.8 Å². The van der Waals surface area contributed by atoms with Crippen LogP contribution in [0.4, 0.5) is 0 Å². The van der Waals surface area contributed by atoms with E-state index in [1.165, 1.54) is 24.0 Å². The Morgan fingerprint density at radius 2 is 2.00 bits per heavy atom. The number of halogens is 1. The predicted octanol–water partition coefficient (Wildman–Crippen LogP) is 3.42. The van der Waals surface area contributed by atoms with Crippen molar-refractivity contribution in [3.8, 4) is 0 Å². The normalized spacial score (nSPS) is 38.6. The second-order valence-electron chi connectivity index (χ2n) is 3.26. The Hall–Kier alpha value is -0.300. The second kappa shape index (κ2) is 2.63. The summed E-state index contributed by atoms with van der Waals surface area (Å²) in [5.74, 6) is 1.27. The van der Waals surface area contributed by atoms with Gasteiger partial charge in [-0.25, -0.2) is 0 Å². The van der Waals surface area contributed by atoms with Gasteiger partial charge in [0.2, 0.25) is 0 Å². The summed E-state index contributed by atoms with van der Waals surface area (Å²) in [5.41, 5.74) is 2.73. The smallest absolute Gasteiger partial charge is 0.00264 e. The molecule has 0 aromatic carbocycles. The van der Waals surface area contributed by atoms with Crippen LogP contribution in [-0.4, -0.2) is 0 Å². The Bertz CT molecular complexity index is 248. The minimum absolute atomic E-state index is 0.629. The summed E-state index contributed by atoms with van der Waals surface area (Å²) in [6.45, 7) is 4.10. The van der Waals surface area contributed by atoms with Gasteiger partial charge in [-0.1, -0.05) is 34.7 Å². The Balaban J connectivity index is 2.41. The Kier molecular flexibility index (Phi) is 1.76. The zero-order valence-corrected chi connectivity index (χ0v) is 7.97. The molecule has 0 nitrogen and oxygen atoms in total. The molecule has 2 unspecified atom stereocenters. The molecule has 58 valence electrons. The molecule has 0 heterocycles. The van der Waals surface area contributed by atoms with Crippen molar-refractivity contribution in [3.05, 3.63) is 34.9 Å². The van der Waals surface area contributed by atoms with E-state index in [9.17, 15) is 0 Å². The van der Waals surface area contributed by atoms with Crippen molar-refractivity contribution < 1.29 is 0 Å². The zero-order chi connectivity index (χ0) is 7.84. The first-order valence-electron chi connectivity index (χ1n) is 4.00. The first-order chi connectivity index (χ1) is 5.33. The molecule has 0 N–H and O–H groups in total. The largest absolute Gasteiger partial charge is 0.0949 e. The van der Waals surface area contributed by atoms with Crippen molar-refractivity contribution in [2.24, 2.45) is 11.8 Å². The summed E-state index contributed by atoms with van der Waals surface area (Å²) in [6.07, 6.45) is 7.22. The van der Waals surface area contributed by atoms with Crippen LogP contribution in [0.1, 0.15) is 12.8 Å². The van der Waals surface area contributed by atoms with E-state index in [0.717, 1.165) is 0 Å². The van der Waals surface area contributed by atoms with E-state index in [2.05, 4.69) is 34.7 Å². The molecular weight excluding hydrogens is 200 g/mol. The van der Waals surface area contributed by atoms with Crippen LogP contribution in [0.25, 0.3) is 0 Å². The third-order valence-corrected chi connectivity index (χ3v) is 3.19. The summed E-state index contributed by atoms with van der Waals surface area (Å²) in [7, 11) is 0. The summed E-state index contributed by atoms with van der Waals surface area (Å²) in [6, 6.07) is 0. The topological polar surface area (TPSA) is 0 Å². The van der Waals surface area contributed by atoms with Gasteiger partial charge in [0.1, 0.15) is 0 Å². The van der Waals surface area contributed by atoms with Gasteiger partial charge in [-0.15, -0.1) is 0 Å². The molecule has 1 heteroatoms. The van der Waals surface area contributed by atoms with Crippen molar-refractivity contribution in [2.75, 3.05) is 0 Å². The van der Waals surface area contributed by atoms with Gasteiger partial charge in [0, 0.05) is 11.8 Å². The highest BCUT2D eigenvalue weighted by molar-refractivity contribution is 9.11. The molecule has 11 heavy (non-hydrogen) atoms. The summed E-state index contributed by atoms with van der Waals surface area (Å²) < 4.78 is 0. The molecule has 3 aliphatic rings. The molecule has 0 aromatic heterocycles. The van der Waals surface area contributed by atoms with Crippen molar-refractivity contribution in [2.45, 2.75) is 12.8 Å². The van der Waals surface area contributed by atoms with E-state index in [-0.39, 0.29) is 0 Å². The number of hydrogen-bond donors (Lipinski definition) is 0. The molecule has 2 atom stereocenters. The van der Waals surface area contributed by atoms with Gasteiger partial charge in [-0.3, -0.25) is 0 Å². The van der Waals surface area contributed by atoms with Gasteiger partial charge in [-0.2, -0.15) is 0 Å². The first kappa shape index (κ1) is 7.35. The van der Waals surface area contributed by atoms with Gasteiger partial charge in [0.15, 0.2) is 0 Å². The number of rotatable bonds is 0. The highest BCUT2D eigenvalue weighted by Gasteiger charge is 2.29. The van der Waals surface area contributed by atoms with Crippen LogP contribution in [-0.2, 0) is 0 Å². The second-order valence-corrected chi connectivity index (χ2v) is 3.72. The third-order valence-electron chi connectivity index (χ3n) is 2.70. The standard InChI is InChI=1S/C10H11Br/c1-7-8-2-4-9(5-3-8)10(7)6-11/h2,4,6,8-9H,1,3,5H2/b10-6+. The van der Waals surface area contributed by atoms with E-state index in [0.29, 0.717) is 11.8 Å². The average molecular weight is 211 g/mol. The molecule has 0 radical (unpaired) electrons. The maximum absolute atomic E-state index is 4.10. The van der Waals surface area contributed by atoms with Crippen LogP contribution >= 0.6 is 15.9 Å². The molecule has 0 saturated heterocycles. The monoisotopic (exact) mass is 210 g/mol. The lowest BCUT2D eigenvalue weighted by Gasteiger charge is -2.34. The van der Waals surface area contributed by atoms with E-state index in [1.807, 2.05) is 4.99 Å². The fourth-order valence-corrected chi connectivity index (χ4v) is 2.61. The van der Waals surface area contributed by atoms with Gasteiger partial charge in [0.25, 0.3) is 0 Å². The first-order valence-corrected chi connectivity index (χ1v) is 4.92. The number of allylic oxidation sites excluding steroid dienone is 4. The Morgan fingerprint density at radius 1 is 1.36 bits per heavy atom. The molecule has 0 aliphatic heterocycles. The van der Waals surface area contributed by atoms with Gasteiger partial charge in [0.05, 0.1) is 0 Å². The number of hydrogen-bond acceptors (Lipinski definition) is 0. The Labute approximate surface area is 75.8 Å². The van der Waals surface area contributed by atoms with Crippen LogP contribution < -0.4 is 0 Å². The van der Waals surface area contributed by atoms with Crippen molar-refractivity contribution >= 4 is 15.9 Å². The lowest BCUT2D eigenvalue weighted by Crippen LogP contribution is -2.21. The zero-order valence-electron chi connectivity index (χ0n) is 6.39. The maximum atomic E-state index is 4.10. The highest BCUT2D eigenvalue weighted by atomic mass is 79.9. The lowest BCUT2D eigenvalue weighted by molar-refractivity contribution is 0.485. The maximum Gasteiger partial charge on any atom is 0.00264 e. The fourth-order valence-electron chi connectivity index (χ4n) is 1.97. The van der Waals surface area contributed by atoms with E-state index in [4.69, 9.17) is 0 Å². The average Bonchev–Trinajstić information content (AvgIpc) is 2.06. The van der Waals surface area contributed by atoms with Crippen molar-refractivity contribution in [3.63, 3.8) is 0 Å². The number of fused-ring (bicyclic) bond motifs is 2. The lowest BCUT2D eigenvalue weighted by atomic mass is 9.71. The van der Waals surface area contributed by atoms with Crippen LogP contribution in [0.5, 0.6) is 0 Å². The molecular formula is C10H11Br. The van der Waals surface area contributed by atoms with Gasteiger partial charge < -0.3 is 0 Å². The van der Waals surface area contributed by atoms with Crippen LogP contribution in [0.3, 0.4) is 0 Å². The summed E-state index contributed by atoms with van der Waals surface area (Å²) in [4.78, 5) is 2.04. The van der Waals surface area contributed by atoms with Crippen LogP contribution in [0.15, 0.2) is 34.9 Å². The summed E-state index contributed by atoms with van der Waals surface area (Å²) >= 11 is 3.40. The van der Waals surface area contributed by atoms with Gasteiger partial charge in [-0.05, 0) is 29.0 Å². The minimum atomic E-state index is 0.629. The van der Waals surface area contributed by atoms with Gasteiger partial charge >= 0.3 is 0 Å².